The van der Waals surface area contributed by atoms with Gasteiger partial charge in [0.15, 0.2) is 0 Å². The van der Waals surface area contributed by atoms with Gasteiger partial charge in [-0.3, -0.25) is 0 Å². The molecule has 2 aliphatic heterocycles. The summed E-state index contributed by atoms with van der Waals surface area (Å²) in [6.45, 7) is 15.0. The van der Waals surface area contributed by atoms with Gasteiger partial charge in [0.05, 0.1) is 16.6 Å². The maximum absolute atomic E-state index is 7.10. The summed E-state index contributed by atoms with van der Waals surface area (Å²) in [4.78, 5) is 2.76. The van der Waals surface area contributed by atoms with E-state index < -0.39 is 16.4 Å². The summed E-state index contributed by atoms with van der Waals surface area (Å²) in [5.41, 5.74) is 12.0. The molecule has 4 atom stereocenters. The minimum Gasteiger partial charge on any atom is -0.460 e. The van der Waals surface area contributed by atoms with E-state index in [2.05, 4.69) is 180 Å². The van der Waals surface area contributed by atoms with Crippen LogP contribution in [0.2, 0.25) is 0 Å². The van der Waals surface area contributed by atoms with Crippen molar-refractivity contribution in [3.05, 3.63) is 184 Å². The van der Waals surface area contributed by atoms with Gasteiger partial charge in [0.1, 0.15) is 11.5 Å². The number of para-hydroxylation sites is 1. The van der Waals surface area contributed by atoms with Gasteiger partial charge in [-0.05, 0) is 126 Å². The molecular formula is C55H51NO. The average Bonchev–Trinajstić information content (AvgIpc) is 3.61. The first kappa shape index (κ1) is 33.8. The minimum atomic E-state index is -0.520. The van der Waals surface area contributed by atoms with Crippen molar-refractivity contribution in [1.29, 1.82) is 0 Å². The second-order valence-corrected chi connectivity index (χ2v) is 19.3. The van der Waals surface area contributed by atoms with Crippen molar-refractivity contribution in [3.63, 3.8) is 0 Å². The summed E-state index contributed by atoms with van der Waals surface area (Å²) in [6.07, 6.45) is 12.0. The van der Waals surface area contributed by atoms with Crippen LogP contribution in [-0.4, -0.2) is 5.54 Å². The van der Waals surface area contributed by atoms with E-state index in [1.807, 2.05) is 0 Å². The predicted octanol–water partition coefficient (Wildman–Crippen LogP) is 13.9. The molecule has 12 rings (SSSR count). The Balaban J connectivity index is 1.21. The number of rotatable bonds is 2. The lowest BCUT2D eigenvalue weighted by molar-refractivity contribution is 0.332. The molecule has 1 fully saturated rings. The predicted molar refractivity (Wildman–Crippen MR) is 236 cm³/mol. The molecule has 282 valence electrons. The number of anilines is 2. The molecular weight excluding hydrogens is 691 g/mol. The van der Waals surface area contributed by atoms with Gasteiger partial charge in [-0.2, -0.15) is 0 Å². The van der Waals surface area contributed by atoms with E-state index in [-0.39, 0.29) is 10.8 Å². The van der Waals surface area contributed by atoms with E-state index in [4.69, 9.17) is 4.74 Å². The number of allylic oxidation sites excluding steroid dienone is 3. The Morgan fingerprint density at radius 3 is 2.07 bits per heavy atom. The third-order valence-corrected chi connectivity index (χ3v) is 15.9. The summed E-state index contributed by atoms with van der Waals surface area (Å²) in [5, 5.41) is 5.19. The summed E-state index contributed by atoms with van der Waals surface area (Å²) in [5.74, 6) is 2.72. The normalized spacial score (nSPS) is 29.1. The van der Waals surface area contributed by atoms with E-state index in [0.717, 1.165) is 11.5 Å². The largest absolute Gasteiger partial charge is 0.460 e. The highest BCUT2D eigenvalue weighted by Gasteiger charge is 2.68. The highest BCUT2D eigenvalue weighted by atomic mass is 16.5. The fourth-order valence-electron chi connectivity index (χ4n) is 13.5. The van der Waals surface area contributed by atoms with Crippen LogP contribution in [0.5, 0.6) is 5.75 Å². The number of ether oxygens (including phenoxy) is 1. The van der Waals surface area contributed by atoms with Crippen LogP contribution < -0.4 is 9.64 Å². The second kappa shape index (κ2) is 11.0. The van der Waals surface area contributed by atoms with Crippen LogP contribution in [0, 0.1) is 0 Å². The van der Waals surface area contributed by atoms with Crippen LogP contribution in [-0.2, 0) is 21.7 Å². The molecule has 0 radical (unpaired) electrons. The van der Waals surface area contributed by atoms with Crippen molar-refractivity contribution < 1.29 is 4.74 Å². The van der Waals surface area contributed by atoms with E-state index in [9.17, 15) is 0 Å². The zero-order valence-electron chi connectivity index (χ0n) is 34.2. The van der Waals surface area contributed by atoms with Gasteiger partial charge in [0.2, 0.25) is 0 Å². The highest BCUT2D eigenvalue weighted by molar-refractivity contribution is 6.03. The number of nitrogens with zero attached hydrogens (tertiary/aromatic N) is 1. The van der Waals surface area contributed by atoms with Crippen LogP contribution in [0.1, 0.15) is 107 Å². The van der Waals surface area contributed by atoms with Gasteiger partial charge in [0.25, 0.3) is 0 Å². The van der Waals surface area contributed by atoms with Crippen molar-refractivity contribution in [2.45, 2.75) is 107 Å². The SMILES string of the molecule is CC1(C)C2=CC3(C)C4=C(C5(C)C(=CC4(C)c4ccc6ccccc6c4N3c3ccc4cc(C6CCCCC6)ccc4c3)Oc3ccccc35)C2(C)c2ccccc21. The molecule has 6 aliphatic rings. The molecule has 0 aromatic heterocycles. The lowest BCUT2D eigenvalue weighted by Crippen LogP contribution is -2.61. The van der Waals surface area contributed by atoms with Crippen molar-refractivity contribution >= 4 is 32.9 Å². The Labute approximate surface area is 337 Å². The van der Waals surface area contributed by atoms with Crippen LogP contribution in [0.25, 0.3) is 21.5 Å². The monoisotopic (exact) mass is 741 g/mol. The molecule has 0 bridgehead atoms. The standard InChI is InChI=1S/C55H51NO/c1-51(2)41-20-12-13-21-42(41)54(5)46(51)32-53(4)49-50(54)55(6)43-22-14-15-23-45(43)57-47(55)33-52(49,3)44-29-27-35-18-10-11-19-40(35)48(44)56(53)39-28-26-37-30-36(24-25-38(37)31-39)34-16-8-7-9-17-34/h10-15,18-34H,7-9,16-17H2,1-6H3. The summed E-state index contributed by atoms with van der Waals surface area (Å²) in [7, 11) is 0. The zero-order chi connectivity index (χ0) is 38.7. The summed E-state index contributed by atoms with van der Waals surface area (Å²) < 4.78 is 7.10. The van der Waals surface area contributed by atoms with Crippen molar-refractivity contribution in [3.8, 4) is 5.75 Å². The van der Waals surface area contributed by atoms with E-state index in [0.29, 0.717) is 5.92 Å². The van der Waals surface area contributed by atoms with Crippen LogP contribution in [0.15, 0.2) is 156 Å². The van der Waals surface area contributed by atoms with Gasteiger partial charge in [0, 0.05) is 32.9 Å². The number of benzene rings is 6. The van der Waals surface area contributed by atoms with E-state index in [1.165, 1.54) is 110 Å². The van der Waals surface area contributed by atoms with Gasteiger partial charge in [-0.15, -0.1) is 0 Å². The minimum absolute atomic E-state index is 0.191. The Bertz CT molecular complexity index is 2860. The van der Waals surface area contributed by atoms with Crippen molar-refractivity contribution in [2.75, 3.05) is 4.90 Å². The molecule has 0 saturated heterocycles. The maximum atomic E-state index is 7.10. The molecule has 0 spiro atoms. The maximum Gasteiger partial charge on any atom is 0.131 e. The first-order valence-electron chi connectivity index (χ1n) is 21.5. The molecule has 0 N–H and O–H groups in total. The molecule has 1 saturated carbocycles. The summed E-state index contributed by atoms with van der Waals surface area (Å²) in [6, 6.07) is 46.6. The van der Waals surface area contributed by atoms with Crippen LogP contribution in [0.4, 0.5) is 11.4 Å². The molecule has 2 heterocycles. The molecule has 6 aromatic carbocycles. The molecule has 0 amide bonds. The Morgan fingerprint density at radius 1 is 0.561 bits per heavy atom. The zero-order valence-corrected chi connectivity index (χ0v) is 34.2. The fourth-order valence-corrected chi connectivity index (χ4v) is 13.5. The fraction of sp³-hybridized carbons (Fsp3) is 0.309. The first-order valence-corrected chi connectivity index (χ1v) is 21.5. The Kier molecular flexibility index (Phi) is 6.51. The second-order valence-electron chi connectivity index (χ2n) is 19.3. The molecule has 6 aromatic rings. The highest BCUT2D eigenvalue weighted by Crippen LogP contribution is 2.73. The first-order chi connectivity index (χ1) is 27.5. The number of hydrogen-bond donors (Lipinski definition) is 0. The van der Waals surface area contributed by atoms with Gasteiger partial charge in [-0.25, -0.2) is 0 Å². The third-order valence-electron chi connectivity index (χ3n) is 15.9. The Hall–Kier alpha value is -5.34. The van der Waals surface area contributed by atoms with Crippen LogP contribution in [0.3, 0.4) is 0 Å². The molecule has 57 heavy (non-hydrogen) atoms. The number of fused-ring (bicyclic) bond motifs is 13. The molecule has 2 heteroatoms. The molecule has 4 unspecified atom stereocenters. The third kappa shape index (κ3) is 4.02. The lowest BCUT2D eigenvalue weighted by Gasteiger charge is -2.62. The number of hydrogen-bond acceptors (Lipinski definition) is 2. The molecule has 4 aliphatic carbocycles. The van der Waals surface area contributed by atoms with Gasteiger partial charge >= 0.3 is 0 Å². The topological polar surface area (TPSA) is 12.5 Å². The lowest BCUT2D eigenvalue weighted by atomic mass is 9.46. The Morgan fingerprint density at radius 2 is 1.25 bits per heavy atom. The van der Waals surface area contributed by atoms with Gasteiger partial charge in [-0.1, -0.05) is 142 Å². The van der Waals surface area contributed by atoms with Crippen molar-refractivity contribution in [2.24, 2.45) is 0 Å². The smallest absolute Gasteiger partial charge is 0.131 e. The quantitative estimate of drug-likeness (QED) is 0.164. The van der Waals surface area contributed by atoms with Crippen molar-refractivity contribution in [1.82, 2.24) is 0 Å². The van der Waals surface area contributed by atoms with Gasteiger partial charge < -0.3 is 9.64 Å². The average molecular weight is 742 g/mol. The van der Waals surface area contributed by atoms with E-state index >= 15 is 0 Å². The van der Waals surface area contributed by atoms with Crippen LogP contribution >= 0.6 is 0 Å². The van der Waals surface area contributed by atoms with E-state index in [1.54, 1.807) is 0 Å². The molecule has 2 nitrogen and oxygen atoms in total. The summed E-state index contributed by atoms with van der Waals surface area (Å²) >= 11 is 0.